The minimum Gasteiger partial charge on any atom is -0.483 e. The number of phenolic OH excluding ortho intramolecular Hbond substituents is 3. The number of carboxylic acids is 1. The average Bonchev–Trinajstić information content (AvgIpc) is 0.776. The number of carbonyl (C=O) groups is 4. The number of allylic oxidation sites excluding steroid dienone is 4. The zero-order chi connectivity index (χ0) is 72.6. The van der Waals surface area contributed by atoms with Gasteiger partial charge in [-0.2, -0.15) is 0 Å². The number of aliphatic hydroxyl groups is 1. The molecule has 0 aromatic heterocycles. The number of carbonyl (C=O) groups excluding carboxylic acids is 2. The maximum absolute atomic E-state index is 11.4. The quantitative estimate of drug-likeness (QED) is 0.0161. The fourth-order valence-corrected chi connectivity index (χ4v) is 11.4. The molecule has 4 aromatic carbocycles. The molecule has 3 aliphatic heterocycles. The topological polar surface area (TPSA) is 277 Å². The molecule has 0 aliphatic carbocycles. The molecular formula is C76H116I3O17-. The molecule has 4 atom stereocenters. The number of fused-ring (bicyclic) bond motifs is 3. The smallest absolute Gasteiger partial charge is 0.290 e. The Morgan fingerprint density at radius 3 is 1.42 bits per heavy atom. The number of phenols is 3. The molecule has 4 unspecified atom stereocenters. The molecule has 4 aromatic rings. The number of benzene rings is 4. The maximum Gasteiger partial charge on any atom is 0.290 e. The minimum absolute atomic E-state index is 0. The van der Waals surface area contributed by atoms with Gasteiger partial charge in [-0.3, -0.25) is 19.2 Å². The maximum atomic E-state index is 11.4. The number of hydrogen-bond donors (Lipinski definition) is 6. The van der Waals surface area contributed by atoms with E-state index in [1.807, 2.05) is 55.4 Å². The van der Waals surface area contributed by atoms with E-state index in [0.29, 0.717) is 48.2 Å². The molecule has 96 heavy (non-hydrogen) atoms. The van der Waals surface area contributed by atoms with Gasteiger partial charge in [-0.15, -0.1) is 6.58 Å². The molecule has 20 heteroatoms. The normalized spacial score (nSPS) is 17.1. The van der Waals surface area contributed by atoms with Gasteiger partial charge in [0.05, 0.1) is 12.7 Å². The number of halogens is 3. The Kier molecular flexibility index (Phi) is 41.2. The molecule has 7 rings (SSSR count). The predicted molar refractivity (Wildman–Crippen MR) is 401 cm³/mol. The number of aryl methyl sites for hydroxylation is 1. The number of carboxylic acid groups (broad SMARTS) is 2. The van der Waals surface area contributed by atoms with E-state index in [2.05, 4.69) is 111 Å². The molecule has 0 amide bonds. The molecule has 0 radical (unpaired) electrons. The van der Waals surface area contributed by atoms with Gasteiger partial charge >= 0.3 is 68.4 Å². The Labute approximate surface area is 604 Å². The molecule has 0 fully saturated rings. The summed E-state index contributed by atoms with van der Waals surface area (Å²) >= 11 is 5.30. The average molecular weight is 1680 g/mol. The number of aliphatic carboxylic acids is 1. The van der Waals surface area contributed by atoms with Gasteiger partial charge < -0.3 is 64.5 Å². The second-order valence-electron chi connectivity index (χ2n) is 26.1. The first-order valence-corrected chi connectivity index (χ1v) is 44.5. The summed E-state index contributed by atoms with van der Waals surface area (Å²) in [5.74, 6) is 4.00. The number of rotatable bonds is 15. The molecule has 0 bridgehead atoms. The van der Waals surface area contributed by atoms with Crippen molar-refractivity contribution in [1.29, 1.82) is 0 Å². The minimum atomic E-state index is -0.796. The van der Waals surface area contributed by atoms with E-state index in [-0.39, 0.29) is 60.4 Å². The van der Waals surface area contributed by atoms with Crippen LogP contribution in [-0.4, -0.2) is 90.0 Å². The van der Waals surface area contributed by atoms with Crippen molar-refractivity contribution in [1.82, 2.24) is 0 Å². The van der Waals surface area contributed by atoms with Gasteiger partial charge in [-0.05, 0) is 265 Å². The molecule has 544 valence electrons. The standard InChI is InChI=1S/C21H30O3.C18H26O4.C16H22O4.C10H18O.C9H12O2.CH2O2.CH4.I3.H2O/c1-13(2)9-8-11-21(7)12-10-18-16(5)19(23-17(6)22)14(3)15(4)20(18)24-21;1-7-9-18(5)10-8-14-11(2)17(21-13(4)19)16(20-6)12(3)15(14)22-18;1-9-10(2)15-12(11(3)14(9)19)5-7-16(4,20-15)8-6-13(17)18;1-5-10(4,11)8-6-7-9(2)3;1-5-4-8(10)6(2)7(3)9(5)11;2-1-3;;1-3-2;/h9H,8,10-12H2,1-7H3;7-10H2,1-6H3;19H,5-8H2,1-4H3,(H,17,18);5,7,11H,1,6,8H2,2-4H3;4,10-11H,1-3H3;1H,(H,2,3);1H4;;1H2/q;;;;;;;-1;. The van der Waals surface area contributed by atoms with Crippen molar-refractivity contribution in [3.63, 3.8) is 0 Å². The zero-order valence-electron chi connectivity index (χ0n) is 60.9. The number of esters is 2. The van der Waals surface area contributed by atoms with Gasteiger partial charge in [0.25, 0.3) is 6.47 Å². The summed E-state index contributed by atoms with van der Waals surface area (Å²) in [4.78, 5) is 41.9. The fraction of sp³-hybridized carbons (Fsp3) is 0.553. The van der Waals surface area contributed by atoms with Crippen LogP contribution in [0.25, 0.3) is 0 Å². The van der Waals surface area contributed by atoms with Crippen LogP contribution in [-0.2, 0) is 38.4 Å². The summed E-state index contributed by atoms with van der Waals surface area (Å²) in [5.41, 5.74) is 14.4. The molecule has 3 aliphatic rings. The largest absolute Gasteiger partial charge is 0.483 e. The van der Waals surface area contributed by atoms with Crippen molar-refractivity contribution in [3.05, 3.63) is 120 Å². The summed E-state index contributed by atoms with van der Waals surface area (Å²) < 4.78 is 35.3. The van der Waals surface area contributed by atoms with Crippen molar-refractivity contribution < 1.29 is 97.0 Å². The third-order valence-corrected chi connectivity index (χ3v) is 17.6. The Morgan fingerprint density at radius 1 is 0.615 bits per heavy atom. The van der Waals surface area contributed by atoms with Crippen molar-refractivity contribution in [3.8, 4) is 51.7 Å². The summed E-state index contributed by atoms with van der Waals surface area (Å²) in [5, 5.41) is 54.0. The van der Waals surface area contributed by atoms with Crippen molar-refractivity contribution in [2.45, 2.75) is 272 Å². The molecule has 0 saturated carbocycles. The van der Waals surface area contributed by atoms with E-state index in [9.17, 15) is 34.8 Å². The van der Waals surface area contributed by atoms with E-state index in [1.165, 1.54) is 30.6 Å². The fourth-order valence-electron chi connectivity index (χ4n) is 11.4. The SMILES string of the molecule is C.C=CC(C)(O)CCC=C(C)C.CC(=O)Oc1c(C)c(C)c2c(c1C)CCC(C)(CCC=C(C)C)O2.CCCC1(C)CCc2c(C)c(OC(C)=O)c(OC)c(C)c2O1.Cc1c(C)c2c(c(C)c1O)CCC(C)(CCC(=O)O)O2.Cc1cc(O)c(C)c(C)c1O.I[I-]I.O.O=CO. The van der Waals surface area contributed by atoms with E-state index < -0.39 is 17.2 Å². The van der Waals surface area contributed by atoms with Crippen LogP contribution in [0.3, 0.4) is 0 Å². The van der Waals surface area contributed by atoms with Crippen LogP contribution in [0, 0.1) is 76.2 Å². The Morgan fingerprint density at radius 2 is 1.00 bits per heavy atom. The summed E-state index contributed by atoms with van der Waals surface area (Å²) in [7, 11) is 1.59. The number of aromatic hydroxyl groups is 3. The second-order valence-corrected chi connectivity index (χ2v) is 42.4. The van der Waals surface area contributed by atoms with Crippen LogP contribution in [0.2, 0.25) is 0 Å². The molecular weight excluding hydrogens is 1570 g/mol. The van der Waals surface area contributed by atoms with Gasteiger partial charge in [0, 0.05) is 48.1 Å². The van der Waals surface area contributed by atoms with Crippen LogP contribution in [0.4, 0.5) is 0 Å². The summed E-state index contributed by atoms with van der Waals surface area (Å²) in [6.45, 7) is 45.9. The summed E-state index contributed by atoms with van der Waals surface area (Å²) in [6, 6.07) is 1.57. The van der Waals surface area contributed by atoms with E-state index >= 15 is 0 Å². The Bertz CT molecular complexity index is 3290. The molecule has 17 nitrogen and oxygen atoms in total. The monoisotopic (exact) mass is 1680 g/mol. The van der Waals surface area contributed by atoms with E-state index in [4.69, 9.17) is 43.4 Å². The van der Waals surface area contributed by atoms with E-state index in [0.717, 1.165) is 161 Å². The van der Waals surface area contributed by atoms with Crippen LogP contribution >= 0.6 is 37.2 Å². The number of ether oxygens (including phenoxy) is 6. The third-order valence-electron chi connectivity index (χ3n) is 17.6. The van der Waals surface area contributed by atoms with E-state index in [1.54, 1.807) is 46.9 Å². The van der Waals surface area contributed by atoms with Gasteiger partial charge in [-0.25, -0.2) is 0 Å². The molecule has 3 heterocycles. The second kappa shape index (κ2) is 42.6. The van der Waals surface area contributed by atoms with Gasteiger partial charge in [0.15, 0.2) is 11.5 Å². The van der Waals surface area contributed by atoms with Crippen LogP contribution in [0.15, 0.2) is 42.0 Å². The van der Waals surface area contributed by atoms with Gasteiger partial charge in [0.2, 0.25) is 0 Å². The first-order valence-electron chi connectivity index (χ1n) is 31.9. The summed E-state index contributed by atoms with van der Waals surface area (Å²) in [6.07, 6.45) is 17.9. The van der Waals surface area contributed by atoms with Gasteiger partial charge in [0.1, 0.15) is 57.0 Å². The zero-order valence-corrected chi connectivity index (χ0v) is 67.4. The predicted octanol–water partition coefficient (Wildman–Crippen LogP) is 15.7. The number of hydrogen-bond acceptors (Lipinski definition) is 14. The van der Waals surface area contributed by atoms with Crippen LogP contribution in [0.1, 0.15) is 232 Å². The van der Waals surface area contributed by atoms with Crippen molar-refractivity contribution in [2.75, 3.05) is 7.11 Å². The van der Waals surface area contributed by atoms with Crippen molar-refractivity contribution >= 4 is 61.6 Å². The van der Waals surface area contributed by atoms with Gasteiger partial charge in [-0.1, -0.05) is 50.1 Å². The van der Waals surface area contributed by atoms with Crippen molar-refractivity contribution in [2.24, 2.45) is 0 Å². The first kappa shape index (κ1) is 92.7. The first-order chi connectivity index (χ1) is 43.6. The Balaban J connectivity index is 0. The third kappa shape index (κ3) is 27.8. The molecule has 0 spiro atoms. The Hall–Kier alpha value is -5.31. The molecule has 0 saturated heterocycles. The van der Waals surface area contributed by atoms with Crippen LogP contribution in [0.5, 0.6) is 51.7 Å². The molecule has 8 N–H and O–H groups in total. The van der Waals surface area contributed by atoms with Crippen LogP contribution < -0.4 is 41.7 Å². The number of methoxy groups -OCH3 is 1.